The molecule has 8 heteroatoms. The van der Waals surface area contributed by atoms with Crippen LogP contribution in [-0.4, -0.2) is 32.7 Å². The first-order chi connectivity index (χ1) is 16.0. The lowest BCUT2D eigenvalue weighted by Crippen LogP contribution is -2.00. The number of aliphatic imine (C=N–C) groups is 1. The normalized spacial score (nSPS) is 11.3. The fraction of sp³-hybridized carbons (Fsp3) is 0.0800. The minimum atomic E-state index is -0.403. The molecule has 1 aromatic carbocycles. The maximum atomic E-state index is 14.3. The molecule has 0 unspecified atom stereocenters. The maximum absolute atomic E-state index is 14.3. The number of nitrogens with zero attached hydrogens (tertiary/aromatic N) is 5. The van der Waals surface area contributed by atoms with Gasteiger partial charge in [-0.2, -0.15) is 0 Å². The van der Waals surface area contributed by atoms with E-state index in [0.29, 0.717) is 39.2 Å². The Bertz CT molecular complexity index is 1370. The molecule has 3 aromatic heterocycles. The van der Waals surface area contributed by atoms with Gasteiger partial charge in [-0.05, 0) is 55.0 Å². The lowest BCUT2D eigenvalue weighted by molar-refractivity contribution is 0.625. The van der Waals surface area contributed by atoms with E-state index in [4.69, 9.17) is 11.6 Å². The fourth-order valence-corrected chi connectivity index (χ4v) is 3.43. The van der Waals surface area contributed by atoms with Gasteiger partial charge in [-0.1, -0.05) is 18.2 Å². The summed E-state index contributed by atoms with van der Waals surface area (Å²) in [6.07, 6.45) is 6.76. The van der Waals surface area contributed by atoms with E-state index in [1.165, 1.54) is 12.1 Å². The monoisotopic (exact) mass is 458 g/mol. The van der Waals surface area contributed by atoms with Gasteiger partial charge in [-0.25, -0.2) is 24.3 Å². The first-order valence-corrected chi connectivity index (χ1v) is 10.5. The van der Waals surface area contributed by atoms with Crippen molar-refractivity contribution >= 4 is 34.7 Å². The van der Waals surface area contributed by atoms with Crippen molar-refractivity contribution < 1.29 is 4.39 Å². The number of halogens is 2. The average Bonchev–Trinajstić information content (AvgIpc) is 2.85. The van der Waals surface area contributed by atoms with Crippen LogP contribution in [0.15, 0.2) is 78.8 Å². The Kier molecular flexibility index (Phi) is 6.51. The molecule has 1 N–H and O–H groups in total. The van der Waals surface area contributed by atoms with Crippen LogP contribution in [0, 0.1) is 5.82 Å². The molecule has 0 bridgehead atoms. The molecule has 3 heterocycles. The van der Waals surface area contributed by atoms with Gasteiger partial charge in [0.15, 0.2) is 5.82 Å². The van der Waals surface area contributed by atoms with Crippen LogP contribution < -0.4 is 5.32 Å². The summed E-state index contributed by atoms with van der Waals surface area (Å²) in [5.41, 5.74) is 4.49. The fourth-order valence-electron chi connectivity index (χ4n) is 3.26. The van der Waals surface area contributed by atoms with Gasteiger partial charge in [0.25, 0.3) is 0 Å². The largest absolute Gasteiger partial charge is 0.357 e. The van der Waals surface area contributed by atoms with Crippen LogP contribution in [0.1, 0.15) is 23.6 Å². The van der Waals surface area contributed by atoms with E-state index in [9.17, 15) is 4.39 Å². The molecule has 0 radical (unpaired) electrons. The molecule has 4 rings (SSSR count). The van der Waals surface area contributed by atoms with Crippen molar-refractivity contribution in [3.8, 4) is 11.3 Å². The third-order valence-corrected chi connectivity index (χ3v) is 5.20. The Morgan fingerprint density at radius 2 is 1.91 bits per heavy atom. The Morgan fingerprint density at radius 1 is 1.06 bits per heavy atom. The van der Waals surface area contributed by atoms with Crippen LogP contribution >= 0.6 is 11.6 Å². The summed E-state index contributed by atoms with van der Waals surface area (Å²) in [6.45, 7) is 5.96. The molecule has 0 aliphatic heterocycles. The number of nitrogens with one attached hydrogen (secondary N) is 1. The highest BCUT2D eigenvalue weighted by Gasteiger charge is 2.13. The summed E-state index contributed by atoms with van der Waals surface area (Å²) in [5.74, 6) is 0.535. The highest BCUT2D eigenvalue weighted by molar-refractivity contribution is 6.31. The van der Waals surface area contributed by atoms with E-state index in [-0.39, 0.29) is 0 Å². The zero-order valence-electron chi connectivity index (χ0n) is 18.0. The second-order valence-electron chi connectivity index (χ2n) is 7.15. The molecule has 6 nitrogen and oxygen atoms in total. The minimum Gasteiger partial charge on any atom is -0.357 e. The molecule has 4 aromatic rings. The number of anilines is 1. The second-order valence-corrected chi connectivity index (χ2v) is 7.59. The molecule has 0 saturated carbocycles. The van der Waals surface area contributed by atoms with E-state index >= 15 is 0 Å². The molecule has 0 aliphatic rings. The third-order valence-electron chi connectivity index (χ3n) is 4.97. The van der Waals surface area contributed by atoms with Crippen molar-refractivity contribution in [1.82, 2.24) is 19.9 Å². The quantitative estimate of drug-likeness (QED) is 0.360. The van der Waals surface area contributed by atoms with Crippen LogP contribution in [0.4, 0.5) is 16.2 Å². The zero-order chi connectivity index (χ0) is 23.4. The summed E-state index contributed by atoms with van der Waals surface area (Å²) >= 11 is 6.04. The van der Waals surface area contributed by atoms with Crippen molar-refractivity contribution in [2.24, 2.45) is 4.99 Å². The van der Waals surface area contributed by atoms with E-state index in [2.05, 4.69) is 36.8 Å². The van der Waals surface area contributed by atoms with Crippen molar-refractivity contribution in [1.29, 1.82) is 0 Å². The molecule has 33 heavy (non-hydrogen) atoms. The summed E-state index contributed by atoms with van der Waals surface area (Å²) in [7, 11) is 1.76. The Balaban J connectivity index is 1.71. The van der Waals surface area contributed by atoms with Crippen molar-refractivity contribution in [2.75, 3.05) is 12.4 Å². The topological polar surface area (TPSA) is 76.0 Å². The highest BCUT2D eigenvalue weighted by Crippen LogP contribution is 2.30. The molecule has 0 aliphatic carbocycles. The summed E-state index contributed by atoms with van der Waals surface area (Å²) in [6, 6.07) is 11.8. The lowest BCUT2D eigenvalue weighted by Gasteiger charge is -2.11. The summed E-state index contributed by atoms with van der Waals surface area (Å²) < 4.78 is 14.3. The molecule has 164 valence electrons. The molecular weight excluding hydrogens is 439 g/mol. The first-order valence-electron chi connectivity index (χ1n) is 10.1. The number of hydrogen-bond donors (Lipinski definition) is 1. The number of aromatic nitrogens is 4. The average molecular weight is 459 g/mol. The zero-order valence-corrected chi connectivity index (χ0v) is 18.8. The van der Waals surface area contributed by atoms with Gasteiger partial charge in [0.2, 0.25) is 5.95 Å². The predicted octanol–water partition coefficient (Wildman–Crippen LogP) is 5.97. The van der Waals surface area contributed by atoms with Gasteiger partial charge in [0.1, 0.15) is 5.82 Å². The van der Waals surface area contributed by atoms with E-state index in [1.54, 1.807) is 50.9 Å². The molecule has 0 atom stereocenters. The molecule has 0 amide bonds. The van der Waals surface area contributed by atoms with Gasteiger partial charge in [-0.3, -0.25) is 4.98 Å². The Labute approximate surface area is 196 Å². The number of benzene rings is 1. The SMILES string of the molecule is C=C(c1cncc(-c2ccnc(NC)n2)c1)c1cccnc1/N=C(\C)c1cc(Cl)ccc1F. The van der Waals surface area contributed by atoms with E-state index in [1.807, 2.05) is 18.2 Å². The molecule has 0 fully saturated rings. The summed E-state index contributed by atoms with van der Waals surface area (Å²) in [5, 5.41) is 3.36. The number of rotatable bonds is 6. The smallest absolute Gasteiger partial charge is 0.222 e. The highest BCUT2D eigenvalue weighted by atomic mass is 35.5. The number of hydrogen-bond acceptors (Lipinski definition) is 6. The Hall–Kier alpha value is -3.97. The van der Waals surface area contributed by atoms with Crippen LogP contribution in [-0.2, 0) is 0 Å². The van der Waals surface area contributed by atoms with Gasteiger partial charge < -0.3 is 5.32 Å². The first kappa shape index (κ1) is 22.2. The van der Waals surface area contributed by atoms with Crippen LogP contribution in [0.5, 0.6) is 0 Å². The van der Waals surface area contributed by atoms with Crippen LogP contribution in [0.3, 0.4) is 0 Å². The number of pyridine rings is 2. The van der Waals surface area contributed by atoms with Crippen molar-refractivity contribution in [2.45, 2.75) is 6.92 Å². The van der Waals surface area contributed by atoms with Gasteiger partial charge in [-0.15, -0.1) is 0 Å². The molecule has 0 saturated heterocycles. The molecular formula is C25H20ClFN6. The predicted molar refractivity (Wildman–Crippen MR) is 130 cm³/mol. The van der Waals surface area contributed by atoms with E-state index in [0.717, 1.165) is 16.8 Å². The standard InChI is InChI=1S/C25H20ClFN6/c1-15(17-11-18(14-29-13-17)23-8-10-31-25(28-3)33-23)20-5-4-9-30-24(20)32-16(2)21-12-19(26)6-7-22(21)27/h4-14H,1H2,2-3H3,(H,28,31,33)/b32-16+. The van der Waals surface area contributed by atoms with Crippen molar-refractivity contribution in [3.63, 3.8) is 0 Å². The second kappa shape index (κ2) is 9.67. The summed E-state index contributed by atoms with van der Waals surface area (Å²) in [4.78, 5) is 21.9. The Morgan fingerprint density at radius 3 is 2.73 bits per heavy atom. The van der Waals surface area contributed by atoms with Gasteiger partial charge >= 0.3 is 0 Å². The van der Waals surface area contributed by atoms with Crippen LogP contribution in [0.2, 0.25) is 5.02 Å². The van der Waals surface area contributed by atoms with Gasteiger partial charge in [0.05, 0.1) is 11.4 Å². The maximum Gasteiger partial charge on any atom is 0.222 e. The minimum absolute atomic E-state index is 0.317. The van der Waals surface area contributed by atoms with Gasteiger partial charge in [0, 0.05) is 59.1 Å². The molecule has 0 spiro atoms. The van der Waals surface area contributed by atoms with Crippen molar-refractivity contribution in [3.05, 3.63) is 101 Å². The lowest BCUT2D eigenvalue weighted by atomic mass is 9.99. The third kappa shape index (κ3) is 4.94. The van der Waals surface area contributed by atoms with E-state index < -0.39 is 5.82 Å². The van der Waals surface area contributed by atoms with Crippen LogP contribution in [0.25, 0.3) is 16.8 Å².